The number of methoxy groups -OCH3 is 1. The summed E-state index contributed by atoms with van der Waals surface area (Å²) in [4.78, 5) is 13.5. The predicted molar refractivity (Wildman–Crippen MR) is 121 cm³/mol. The van der Waals surface area contributed by atoms with E-state index in [-0.39, 0.29) is 18.3 Å². The van der Waals surface area contributed by atoms with Crippen LogP contribution in [-0.4, -0.2) is 42.7 Å². The van der Waals surface area contributed by atoms with Crippen molar-refractivity contribution in [1.82, 2.24) is 4.90 Å². The topological polar surface area (TPSA) is 58.8 Å². The van der Waals surface area contributed by atoms with Crippen LogP contribution in [-0.2, 0) is 11.2 Å². The molecule has 0 atom stereocenters. The molecular weight excluding hydrogens is 437 g/mol. The highest BCUT2D eigenvalue weighted by Gasteiger charge is 2.24. The van der Waals surface area contributed by atoms with Crippen LogP contribution in [0.5, 0.6) is 17.2 Å². The minimum Gasteiger partial charge on any atom is -0.507 e. The zero-order valence-corrected chi connectivity index (χ0v) is 18.4. The number of hydrogen-bond acceptors (Lipinski definition) is 4. The van der Waals surface area contributed by atoms with E-state index in [1.807, 2.05) is 36.4 Å². The van der Waals surface area contributed by atoms with E-state index >= 15 is 0 Å². The van der Waals surface area contributed by atoms with Gasteiger partial charge in [-0.25, -0.2) is 0 Å². The Kier molecular flexibility index (Phi) is 6.25. The molecule has 0 aromatic heterocycles. The Labute approximate surface area is 190 Å². The van der Waals surface area contributed by atoms with Crippen LogP contribution in [0.4, 0.5) is 0 Å². The fourth-order valence-electron chi connectivity index (χ4n) is 3.29. The summed E-state index contributed by atoms with van der Waals surface area (Å²) in [6.45, 7) is 1.54. The first kappa shape index (κ1) is 21.3. The van der Waals surface area contributed by atoms with E-state index in [0.717, 1.165) is 29.8 Å². The van der Waals surface area contributed by atoms with Crippen molar-refractivity contribution in [3.8, 4) is 28.4 Å². The first-order chi connectivity index (χ1) is 14.9. The number of phenolic OH excluding ortho intramolecular Hbond substituents is 1. The summed E-state index contributed by atoms with van der Waals surface area (Å²) in [5.41, 5.74) is 3.22. The number of phenols is 1. The molecule has 4 rings (SSSR count). The van der Waals surface area contributed by atoms with Gasteiger partial charge in [0.05, 0.1) is 7.11 Å². The number of hydrogen-bond donors (Lipinski definition) is 1. The largest absolute Gasteiger partial charge is 0.507 e. The monoisotopic (exact) mass is 457 g/mol. The van der Waals surface area contributed by atoms with Crippen molar-refractivity contribution < 1.29 is 19.4 Å². The van der Waals surface area contributed by atoms with E-state index in [0.29, 0.717) is 33.5 Å². The third-order valence-electron chi connectivity index (χ3n) is 5.10. The van der Waals surface area contributed by atoms with Crippen molar-refractivity contribution in [2.24, 2.45) is 0 Å². The Morgan fingerprint density at radius 2 is 1.77 bits per heavy atom. The maximum Gasteiger partial charge on any atom is 0.260 e. The SMILES string of the molecule is COc1cccc(-c2cc(Cc3c(Cl)cc(OCC(=O)N4CC4)cc3Cl)ccc2O)c1. The van der Waals surface area contributed by atoms with Crippen molar-refractivity contribution >= 4 is 29.1 Å². The van der Waals surface area contributed by atoms with Gasteiger partial charge in [0.1, 0.15) is 17.2 Å². The van der Waals surface area contributed by atoms with Crippen LogP contribution >= 0.6 is 23.2 Å². The summed E-state index contributed by atoms with van der Waals surface area (Å²) in [6, 6.07) is 16.2. The average molecular weight is 458 g/mol. The second-order valence-electron chi connectivity index (χ2n) is 7.30. The Morgan fingerprint density at radius 1 is 1.03 bits per heavy atom. The number of carbonyl (C=O) groups is 1. The zero-order valence-electron chi connectivity index (χ0n) is 16.9. The van der Waals surface area contributed by atoms with Crippen LogP contribution in [0.2, 0.25) is 10.0 Å². The van der Waals surface area contributed by atoms with E-state index in [1.54, 1.807) is 30.2 Å². The highest BCUT2D eigenvalue weighted by atomic mass is 35.5. The number of benzene rings is 3. The molecule has 1 saturated heterocycles. The molecule has 1 aliphatic rings. The molecule has 5 nitrogen and oxygen atoms in total. The van der Waals surface area contributed by atoms with Gasteiger partial charge in [-0.05, 0) is 53.1 Å². The van der Waals surface area contributed by atoms with E-state index in [4.69, 9.17) is 32.7 Å². The third kappa shape index (κ3) is 5.06. The van der Waals surface area contributed by atoms with Crippen LogP contribution in [0, 0.1) is 0 Å². The molecule has 1 fully saturated rings. The summed E-state index contributed by atoms with van der Waals surface area (Å²) in [5, 5.41) is 11.3. The van der Waals surface area contributed by atoms with Crippen LogP contribution in [0.1, 0.15) is 11.1 Å². The average Bonchev–Trinajstić information content (AvgIpc) is 3.61. The quantitative estimate of drug-likeness (QED) is 0.496. The molecule has 1 heterocycles. The first-order valence-electron chi connectivity index (χ1n) is 9.79. The van der Waals surface area contributed by atoms with E-state index in [1.165, 1.54) is 0 Å². The van der Waals surface area contributed by atoms with Gasteiger partial charge in [0, 0.05) is 35.1 Å². The fraction of sp³-hybridized carbons (Fsp3) is 0.208. The van der Waals surface area contributed by atoms with E-state index < -0.39 is 0 Å². The Hall–Kier alpha value is -2.89. The fourth-order valence-corrected chi connectivity index (χ4v) is 3.89. The lowest BCUT2D eigenvalue weighted by atomic mass is 9.98. The molecule has 7 heteroatoms. The van der Waals surface area contributed by atoms with E-state index in [9.17, 15) is 9.90 Å². The molecule has 0 unspecified atom stereocenters. The molecule has 0 bridgehead atoms. The molecule has 1 N–H and O–H groups in total. The zero-order chi connectivity index (χ0) is 22.0. The van der Waals surface area contributed by atoms with Gasteiger partial charge in [-0.3, -0.25) is 4.79 Å². The molecule has 1 amide bonds. The number of nitrogens with zero attached hydrogens (tertiary/aromatic N) is 1. The molecule has 0 radical (unpaired) electrons. The lowest BCUT2D eigenvalue weighted by molar-refractivity contribution is -0.127. The van der Waals surface area contributed by atoms with Gasteiger partial charge in [0.25, 0.3) is 5.91 Å². The van der Waals surface area contributed by atoms with Crippen LogP contribution in [0.25, 0.3) is 11.1 Å². The van der Waals surface area contributed by atoms with Crippen molar-refractivity contribution in [1.29, 1.82) is 0 Å². The third-order valence-corrected chi connectivity index (χ3v) is 5.77. The molecular formula is C24H21Cl2NO4. The van der Waals surface area contributed by atoms with Crippen molar-refractivity contribution in [3.05, 3.63) is 75.8 Å². The van der Waals surface area contributed by atoms with Crippen LogP contribution < -0.4 is 9.47 Å². The summed E-state index contributed by atoms with van der Waals surface area (Å²) >= 11 is 13.0. The molecule has 1 aliphatic heterocycles. The molecule has 3 aromatic carbocycles. The second kappa shape index (κ2) is 9.08. The lowest BCUT2D eigenvalue weighted by Crippen LogP contribution is -2.19. The van der Waals surface area contributed by atoms with Crippen LogP contribution in [0.15, 0.2) is 54.6 Å². The minimum absolute atomic E-state index is 0.0339. The number of ether oxygens (including phenoxy) is 2. The minimum atomic E-state index is -0.0505. The molecule has 0 saturated carbocycles. The van der Waals surface area contributed by atoms with Gasteiger partial charge in [-0.2, -0.15) is 0 Å². The van der Waals surface area contributed by atoms with Gasteiger partial charge >= 0.3 is 0 Å². The number of amides is 1. The standard InChI is InChI=1S/C24H21Cl2NO4/c1-30-17-4-2-3-16(11-17)19-9-15(5-6-23(19)28)10-20-21(25)12-18(13-22(20)26)31-14-24(29)27-7-8-27/h2-6,9,11-13,28H,7-8,10,14H2,1H3. The van der Waals surface area contributed by atoms with Crippen molar-refractivity contribution in [2.45, 2.75) is 6.42 Å². The van der Waals surface area contributed by atoms with E-state index in [2.05, 4.69) is 0 Å². The summed E-state index contributed by atoms with van der Waals surface area (Å²) in [7, 11) is 1.60. The summed E-state index contributed by atoms with van der Waals surface area (Å²) in [5.74, 6) is 1.29. The normalized spacial score (nSPS) is 12.5. The maximum absolute atomic E-state index is 11.8. The summed E-state index contributed by atoms with van der Waals surface area (Å²) in [6.07, 6.45) is 0.474. The van der Waals surface area contributed by atoms with Gasteiger partial charge in [-0.15, -0.1) is 0 Å². The highest BCUT2D eigenvalue weighted by molar-refractivity contribution is 6.36. The lowest BCUT2D eigenvalue weighted by Gasteiger charge is -2.13. The van der Waals surface area contributed by atoms with Crippen LogP contribution in [0.3, 0.4) is 0 Å². The number of rotatable bonds is 7. The van der Waals surface area contributed by atoms with Gasteiger partial charge in [-0.1, -0.05) is 41.4 Å². The van der Waals surface area contributed by atoms with Crippen molar-refractivity contribution in [2.75, 3.05) is 26.8 Å². The Balaban J connectivity index is 1.55. The molecule has 0 aliphatic carbocycles. The first-order valence-corrected chi connectivity index (χ1v) is 10.5. The van der Waals surface area contributed by atoms with Gasteiger partial charge < -0.3 is 19.5 Å². The van der Waals surface area contributed by atoms with Gasteiger partial charge in [0.2, 0.25) is 0 Å². The smallest absolute Gasteiger partial charge is 0.260 e. The number of halogens is 2. The molecule has 31 heavy (non-hydrogen) atoms. The molecule has 3 aromatic rings. The number of aromatic hydroxyl groups is 1. The molecule has 0 spiro atoms. The van der Waals surface area contributed by atoms with Crippen molar-refractivity contribution in [3.63, 3.8) is 0 Å². The highest BCUT2D eigenvalue weighted by Crippen LogP contribution is 2.35. The Morgan fingerprint density at radius 3 is 2.45 bits per heavy atom. The maximum atomic E-state index is 11.8. The Bertz CT molecular complexity index is 1110. The number of carbonyl (C=O) groups excluding carboxylic acids is 1. The van der Waals surface area contributed by atoms with Gasteiger partial charge in [0.15, 0.2) is 6.61 Å². The predicted octanol–water partition coefficient (Wildman–Crippen LogP) is 5.19. The second-order valence-corrected chi connectivity index (χ2v) is 8.11. The summed E-state index contributed by atoms with van der Waals surface area (Å²) < 4.78 is 10.8. The molecule has 160 valence electrons.